The number of nitrogens with two attached hydrogens (primary N) is 1. The van der Waals surface area contributed by atoms with E-state index in [9.17, 15) is 0 Å². The molecule has 2 aliphatic rings. The van der Waals surface area contributed by atoms with Crippen molar-refractivity contribution in [2.24, 2.45) is 17.6 Å². The molecule has 0 aromatic carbocycles. The molecule has 2 saturated heterocycles. The maximum absolute atomic E-state index is 5.86. The molecule has 15 heavy (non-hydrogen) atoms. The molecule has 0 radical (unpaired) electrons. The van der Waals surface area contributed by atoms with Gasteiger partial charge in [0.15, 0.2) is 0 Å². The van der Waals surface area contributed by atoms with Crippen molar-refractivity contribution in [1.29, 1.82) is 0 Å². The lowest BCUT2D eigenvalue weighted by Crippen LogP contribution is -2.49. The van der Waals surface area contributed by atoms with Crippen molar-refractivity contribution in [3.8, 4) is 0 Å². The molecule has 2 heterocycles. The predicted octanol–water partition coefficient (Wildman–Crippen LogP) is 1.80. The van der Waals surface area contributed by atoms with E-state index in [2.05, 4.69) is 30.5 Å². The standard InChI is InChI=1S/C12H24N2S/c1-9-3-5-14(8-11(9)7-13)12-4-6-15-10(12)2/h9-12H,3-8,13H2,1-2H3. The van der Waals surface area contributed by atoms with Gasteiger partial charge in [0.2, 0.25) is 0 Å². The first kappa shape index (κ1) is 11.7. The van der Waals surface area contributed by atoms with Crippen LogP contribution in [0.1, 0.15) is 26.7 Å². The quantitative estimate of drug-likeness (QED) is 0.781. The predicted molar refractivity (Wildman–Crippen MR) is 68.2 cm³/mol. The summed E-state index contributed by atoms with van der Waals surface area (Å²) < 4.78 is 0. The Labute approximate surface area is 98.0 Å². The first-order valence-electron chi connectivity index (χ1n) is 6.28. The lowest BCUT2D eigenvalue weighted by molar-refractivity contribution is 0.0923. The van der Waals surface area contributed by atoms with E-state index in [1.54, 1.807) is 0 Å². The van der Waals surface area contributed by atoms with Crippen LogP contribution in [-0.2, 0) is 0 Å². The number of hydrogen-bond donors (Lipinski definition) is 1. The second-order valence-corrected chi connectivity index (χ2v) is 6.67. The van der Waals surface area contributed by atoms with Crippen molar-refractivity contribution >= 4 is 11.8 Å². The van der Waals surface area contributed by atoms with Crippen LogP contribution in [0.5, 0.6) is 0 Å². The number of rotatable bonds is 2. The van der Waals surface area contributed by atoms with Gasteiger partial charge in [0.1, 0.15) is 0 Å². The Bertz CT molecular complexity index is 210. The zero-order chi connectivity index (χ0) is 10.8. The fourth-order valence-corrected chi connectivity index (χ4v) is 4.27. The van der Waals surface area contributed by atoms with Crippen LogP contribution in [-0.4, -0.2) is 41.6 Å². The number of hydrogen-bond acceptors (Lipinski definition) is 3. The van der Waals surface area contributed by atoms with Gasteiger partial charge in [-0.1, -0.05) is 13.8 Å². The van der Waals surface area contributed by atoms with Crippen molar-refractivity contribution in [3.05, 3.63) is 0 Å². The average Bonchev–Trinajstić information content (AvgIpc) is 2.65. The summed E-state index contributed by atoms with van der Waals surface area (Å²) in [7, 11) is 0. The molecule has 2 rings (SSSR count). The van der Waals surface area contributed by atoms with E-state index in [-0.39, 0.29) is 0 Å². The third-order valence-electron chi connectivity index (χ3n) is 4.25. The van der Waals surface area contributed by atoms with Crippen LogP contribution in [0.4, 0.5) is 0 Å². The van der Waals surface area contributed by atoms with Crippen LogP contribution in [0.3, 0.4) is 0 Å². The highest BCUT2D eigenvalue weighted by Crippen LogP contribution is 2.33. The van der Waals surface area contributed by atoms with Crippen LogP contribution in [0.25, 0.3) is 0 Å². The van der Waals surface area contributed by atoms with Gasteiger partial charge >= 0.3 is 0 Å². The van der Waals surface area contributed by atoms with Crippen molar-refractivity contribution in [3.63, 3.8) is 0 Å². The highest BCUT2D eigenvalue weighted by Gasteiger charge is 2.34. The smallest absolute Gasteiger partial charge is 0.0220 e. The Hall–Kier alpha value is 0.270. The maximum atomic E-state index is 5.86. The summed E-state index contributed by atoms with van der Waals surface area (Å²) in [6.07, 6.45) is 2.73. The van der Waals surface area contributed by atoms with Gasteiger partial charge < -0.3 is 5.73 Å². The largest absolute Gasteiger partial charge is 0.330 e. The minimum Gasteiger partial charge on any atom is -0.330 e. The van der Waals surface area contributed by atoms with Crippen molar-refractivity contribution < 1.29 is 0 Å². The normalized spacial score (nSPS) is 43.4. The molecule has 2 aliphatic heterocycles. The zero-order valence-corrected chi connectivity index (χ0v) is 10.8. The molecular formula is C12H24N2S. The monoisotopic (exact) mass is 228 g/mol. The molecule has 88 valence electrons. The number of nitrogens with zero attached hydrogens (tertiary/aromatic N) is 1. The lowest BCUT2D eigenvalue weighted by atomic mass is 9.86. The Balaban J connectivity index is 1.93. The van der Waals surface area contributed by atoms with E-state index >= 15 is 0 Å². The topological polar surface area (TPSA) is 29.3 Å². The van der Waals surface area contributed by atoms with E-state index < -0.39 is 0 Å². The summed E-state index contributed by atoms with van der Waals surface area (Å²) in [5, 5.41) is 0.830. The van der Waals surface area contributed by atoms with Gasteiger partial charge in [-0.15, -0.1) is 0 Å². The number of thioether (sulfide) groups is 1. The molecule has 2 nitrogen and oxygen atoms in total. The van der Waals surface area contributed by atoms with E-state index in [0.29, 0.717) is 0 Å². The van der Waals surface area contributed by atoms with Gasteiger partial charge in [0.25, 0.3) is 0 Å². The molecule has 3 heteroatoms. The Kier molecular flexibility index (Phi) is 3.97. The van der Waals surface area contributed by atoms with E-state index in [4.69, 9.17) is 5.73 Å². The zero-order valence-electron chi connectivity index (χ0n) is 9.98. The first-order chi connectivity index (χ1) is 7.22. The van der Waals surface area contributed by atoms with Gasteiger partial charge in [0.05, 0.1) is 0 Å². The summed E-state index contributed by atoms with van der Waals surface area (Å²) in [5.41, 5.74) is 5.86. The molecule has 4 unspecified atom stereocenters. The van der Waals surface area contributed by atoms with Gasteiger partial charge in [-0.25, -0.2) is 0 Å². The average molecular weight is 228 g/mol. The van der Waals surface area contributed by atoms with Gasteiger partial charge in [-0.3, -0.25) is 4.90 Å². The van der Waals surface area contributed by atoms with Crippen molar-refractivity contribution in [2.75, 3.05) is 25.4 Å². The molecule has 2 fully saturated rings. The Morgan fingerprint density at radius 1 is 1.33 bits per heavy atom. The molecule has 0 aromatic rings. The summed E-state index contributed by atoms with van der Waals surface area (Å²) in [4.78, 5) is 2.71. The summed E-state index contributed by atoms with van der Waals surface area (Å²) in [6.45, 7) is 8.16. The van der Waals surface area contributed by atoms with E-state index in [1.165, 1.54) is 31.7 Å². The molecule has 0 aliphatic carbocycles. The molecule has 2 N–H and O–H groups in total. The molecule has 0 aromatic heterocycles. The third kappa shape index (κ3) is 2.51. The van der Waals surface area contributed by atoms with Crippen LogP contribution in [0.2, 0.25) is 0 Å². The van der Waals surface area contributed by atoms with E-state index in [1.807, 2.05) is 0 Å². The first-order valence-corrected chi connectivity index (χ1v) is 7.33. The molecule has 0 bridgehead atoms. The van der Waals surface area contributed by atoms with Gasteiger partial charge in [-0.05, 0) is 43.5 Å². The van der Waals surface area contributed by atoms with Crippen molar-refractivity contribution in [1.82, 2.24) is 4.90 Å². The summed E-state index contributed by atoms with van der Waals surface area (Å²) in [6, 6.07) is 0.830. The highest BCUT2D eigenvalue weighted by atomic mass is 32.2. The minimum atomic E-state index is 0.733. The molecular weight excluding hydrogens is 204 g/mol. The number of piperidine rings is 1. The van der Waals surface area contributed by atoms with Crippen molar-refractivity contribution in [2.45, 2.75) is 38.0 Å². The second-order valence-electron chi connectivity index (χ2n) is 5.19. The SMILES string of the molecule is CC1CCN(C2CCSC2C)CC1CN. The third-order valence-corrected chi connectivity index (χ3v) is 5.56. The molecule has 4 atom stereocenters. The highest BCUT2D eigenvalue weighted by molar-refractivity contribution is 8.00. The van der Waals surface area contributed by atoms with E-state index in [0.717, 1.165) is 29.7 Å². The Morgan fingerprint density at radius 2 is 2.13 bits per heavy atom. The fraction of sp³-hybridized carbons (Fsp3) is 1.00. The lowest BCUT2D eigenvalue weighted by Gasteiger charge is -2.41. The maximum Gasteiger partial charge on any atom is 0.0220 e. The van der Waals surface area contributed by atoms with Crippen LogP contribution in [0.15, 0.2) is 0 Å². The molecule has 0 spiro atoms. The minimum absolute atomic E-state index is 0.733. The molecule has 0 saturated carbocycles. The summed E-state index contributed by atoms with van der Waals surface area (Å²) in [5.74, 6) is 2.91. The van der Waals surface area contributed by atoms with Crippen LogP contribution >= 0.6 is 11.8 Å². The van der Waals surface area contributed by atoms with Crippen LogP contribution < -0.4 is 5.73 Å². The Morgan fingerprint density at radius 3 is 2.73 bits per heavy atom. The second kappa shape index (κ2) is 5.07. The summed E-state index contributed by atoms with van der Waals surface area (Å²) >= 11 is 2.14. The molecule has 0 amide bonds. The van der Waals surface area contributed by atoms with Gasteiger partial charge in [-0.2, -0.15) is 11.8 Å². The van der Waals surface area contributed by atoms with Crippen LogP contribution in [0, 0.1) is 11.8 Å². The fourth-order valence-electron chi connectivity index (χ4n) is 2.99. The number of likely N-dealkylation sites (tertiary alicyclic amines) is 1. The van der Waals surface area contributed by atoms with Gasteiger partial charge in [0, 0.05) is 17.8 Å².